The van der Waals surface area contributed by atoms with Crippen molar-refractivity contribution >= 4 is 11.3 Å². The van der Waals surface area contributed by atoms with Crippen LogP contribution in [0.1, 0.15) is 27.6 Å². The summed E-state index contributed by atoms with van der Waals surface area (Å²) in [5.74, 6) is 0.614. The summed E-state index contributed by atoms with van der Waals surface area (Å²) in [6, 6.07) is 11.3. The summed E-state index contributed by atoms with van der Waals surface area (Å²) in [6.45, 7) is 2.25. The third-order valence-corrected chi connectivity index (χ3v) is 6.49. The van der Waals surface area contributed by atoms with Crippen molar-refractivity contribution < 1.29 is 18.9 Å². The Labute approximate surface area is 195 Å². The van der Waals surface area contributed by atoms with Crippen molar-refractivity contribution in [3.8, 4) is 29.1 Å². The average molecular weight is 466 g/mol. The van der Waals surface area contributed by atoms with Crippen LogP contribution in [0.15, 0.2) is 52.0 Å². The van der Waals surface area contributed by atoms with Crippen LogP contribution in [0.4, 0.5) is 0 Å². The van der Waals surface area contributed by atoms with Crippen molar-refractivity contribution in [3.05, 3.63) is 79.2 Å². The minimum atomic E-state index is -0.809. The molecule has 0 aliphatic carbocycles. The maximum absolute atomic E-state index is 13.8. The zero-order chi connectivity index (χ0) is 23.7. The fraction of sp³-hybridized carbons (Fsp3) is 0.250. The molecule has 4 rings (SSSR count). The van der Waals surface area contributed by atoms with Gasteiger partial charge in [-0.05, 0) is 24.4 Å². The average Bonchev–Trinajstić information content (AvgIpc) is 3.33. The molecule has 1 unspecified atom stereocenters. The summed E-state index contributed by atoms with van der Waals surface area (Å²) in [5, 5.41) is 11.9. The van der Waals surface area contributed by atoms with Crippen LogP contribution >= 0.6 is 11.3 Å². The van der Waals surface area contributed by atoms with E-state index in [2.05, 4.69) is 6.07 Å². The second kappa shape index (κ2) is 8.92. The van der Waals surface area contributed by atoms with Crippen molar-refractivity contribution in [2.24, 2.45) is 5.73 Å². The summed E-state index contributed by atoms with van der Waals surface area (Å²) in [5.41, 5.74) is 7.57. The van der Waals surface area contributed by atoms with Gasteiger partial charge in [-0.3, -0.25) is 4.79 Å². The number of nitrogens with two attached hydrogens (primary N) is 1. The molecular formula is C24H23N3O5S. The fourth-order valence-corrected chi connectivity index (χ4v) is 4.80. The summed E-state index contributed by atoms with van der Waals surface area (Å²) < 4.78 is 24.0. The smallest absolute Gasteiger partial charge is 0.259 e. The molecule has 170 valence electrons. The Morgan fingerprint density at radius 3 is 2.55 bits per heavy atom. The molecule has 0 spiro atoms. The van der Waals surface area contributed by atoms with E-state index in [-0.39, 0.29) is 17.0 Å². The molecule has 1 aliphatic heterocycles. The first-order valence-electron chi connectivity index (χ1n) is 10.1. The van der Waals surface area contributed by atoms with Gasteiger partial charge in [-0.2, -0.15) is 5.26 Å². The highest BCUT2D eigenvalue weighted by Gasteiger charge is 2.37. The largest absolute Gasteiger partial charge is 0.493 e. The predicted molar refractivity (Wildman–Crippen MR) is 124 cm³/mol. The molecule has 0 saturated carbocycles. The van der Waals surface area contributed by atoms with Crippen molar-refractivity contribution in [1.29, 1.82) is 5.26 Å². The number of pyridine rings is 1. The molecule has 0 radical (unpaired) electrons. The van der Waals surface area contributed by atoms with E-state index in [1.54, 1.807) is 34.1 Å². The molecule has 1 aliphatic rings. The molecule has 2 aromatic heterocycles. The molecule has 2 N–H and O–H groups in total. The van der Waals surface area contributed by atoms with Crippen molar-refractivity contribution in [2.45, 2.75) is 19.4 Å². The van der Waals surface area contributed by atoms with E-state index >= 15 is 0 Å². The molecule has 0 saturated heterocycles. The molecule has 1 aromatic carbocycles. The Bertz CT molecular complexity index is 1340. The summed E-state index contributed by atoms with van der Waals surface area (Å²) in [4.78, 5) is 14.8. The highest BCUT2D eigenvalue weighted by Crippen LogP contribution is 2.49. The van der Waals surface area contributed by atoms with Crippen LogP contribution in [0.2, 0.25) is 0 Å². The van der Waals surface area contributed by atoms with Gasteiger partial charge in [-0.25, -0.2) is 0 Å². The molecule has 33 heavy (non-hydrogen) atoms. The standard InChI is InChI=1S/C24H23N3O5S/c1-13-10-18-20(24(28)27(13)12-14-6-5-9-33-14)19(16(11-25)23(26)32-18)15-7-8-17(29-2)22(31-4)21(15)30-3/h5-10,19H,12,26H2,1-4H3. The van der Waals surface area contributed by atoms with E-state index in [1.165, 1.54) is 21.3 Å². The summed E-state index contributed by atoms with van der Waals surface area (Å²) in [7, 11) is 4.50. The van der Waals surface area contributed by atoms with Gasteiger partial charge in [0.25, 0.3) is 5.56 Å². The lowest BCUT2D eigenvalue weighted by molar-refractivity contribution is 0.321. The number of fused-ring (bicyclic) bond motifs is 1. The Morgan fingerprint density at radius 1 is 1.18 bits per heavy atom. The molecule has 3 aromatic rings. The summed E-state index contributed by atoms with van der Waals surface area (Å²) >= 11 is 1.57. The lowest BCUT2D eigenvalue weighted by Gasteiger charge is -2.28. The first-order valence-corrected chi connectivity index (χ1v) is 11.0. The Morgan fingerprint density at radius 2 is 1.94 bits per heavy atom. The van der Waals surface area contributed by atoms with E-state index in [9.17, 15) is 10.1 Å². The van der Waals surface area contributed by atoms with Gasteiger partial charge in [0.2, 0.25) is 11.6 Å². The number of aryl methyl sites for hydroxylation is 1. The Kier molecular flexibility index (Phi) is 6.03. The van der Waals surface area contributed by atoms with E-state index in [0.29, 0.717) is 40.7 Å². The minimum Gasteiger partial charge on any atom is -0.493 e. The van der Waals surface area contributed by atoms with E-state index in [1.807, 2.05) is 24.4 Å². The van der Waals surface area contributed by atoms with Crippen LogP contribution in [0.25, 0.3) is 0 Å². The van der Waals surface area contributed by atoms with Gasteiger partial charge >= 0.3 is 0 Å². The van der Waals surface area contributed by atoms with Crippen LogP contribution < -0.4 is 30.2 Å². The van der Waals surface area contributed by atoms with Gasteiger partial charge in [0, 0.05) is 22.2 Å². The summed E-state index contributed by atoms with van der Waals surface area (Å²) in [6.07, 6.45) is 0. The molecule has 9 heteroatoms. The third kappa shape index (κ3) is 3.68. The number of hydrogen-bond donors (Lipinski definition) is 1. The SMILES string of the molecule is COc1ccc(C2C(C#N)=C(N)Oc3cc(C)n(Cc4cccs4)c(=O)c32)c(OC)c1OC. The lowest BCUT2D eigenvalue weighted by Crippen LogP contribution is -2.33. The van der Waals surface area contributed by atoms with Crippen molar-refractivity contribution in [1.82, 2.24) is 4.57 Å². The second-order valence-corrected chi connectivity index (χ2v) is 8.41. The van der Waals surface area contributed by atoms with Crippen LogP contribution in [0.5, 0.6) is 23.0 Å². The molecule has 8 nitrogen and oxygen atoms in total. The quantitative estimate of drug-likeness (QED) is 0.593. The maximum Gasteiger partial charge on any atom is 0.259 e. The second-order valence-electron chi connectivity index (χ2n) is 7.38. The van der Waals surface area contributed by atoms with Crippen LogP contribution in [-0.4, -0.2) is 25.9 Å². The zero-order valence-electron chi connectivity index (χ0n) is 18.7. The number of hydrogen-bond acceptors (Lipinski definition) is 8. The van der Waals surface area contributed by atoms with E-state index < -0.39 is 5.92 Å². The maximum atomic E-state index is 13.8. The number of benzene rings is 1. The van der Waals surface area contributed by atoms with Gasteiger partial charge in [0.1, 0.15) is 17.4 Å². The third-order valence-electron chi connectivity index (χ3n) is 5.63. The van der Waals surface area contributed by atoms with Crippen molar-refractivity contribution in [2.75, 3.05) is 21.3 Å². The Hall–Kier alpha value is -3.90. The van der Waals surface area contributed by atoms with E-state index in [0.717, 1.165) is 10.6 Å². The number of nitrogens with zero attached hydrogens (tertiary/aromatic N) is 2. The fourth-order valence-electron chi connectivity index (χ4n) is 4.10. The van der Waals surface area contributed by atoms with Gasteiger partial charge in [0.05, 0.1) is 39.4 Å². The number of allylic oxidation sites excluding steroid dienone is 1. The molecule has 0 fully saturated rings. The molecular weight excluding hydrogens is 442 g/mol. The van der Waals surface area contributed by atoms with Gasteiger partial charge < -0.3 is 29.2 Å². The predicted octanol–water partition coefficient (Wildman–Crippen LogP) is 3.51. The van der Waals surface area contributed by atoms with Crippen LogP contribution in [0.3, 0.4) is 0 Å². The number of ether oxygens (including phenoxy) is 4. The van der Waals surface area contributed by atoms with E-state index in [4.69, 9.17) is 24.7 Å². The van der Waals surface area contributed by atoms with Crippen LogP contribution in [0, 0.1) is 18.3 Å². The number of rotatable bonds is 6. The molecule has 1 atom stereocenters. The van der Waals surface area contributed by atoms with Gasteiger partial charge in [-0.1, -0.05) is 12.1 Å². The minimum absolute atomic E-state index is 0.0540. The monoisotopic (exact) mass is 465 g/mol. The molecule has 0 amide bonds. The normalized spacial score (nSPS) is 14.8. The first-order chi connectivity index (χ1) is 15.9. The number of nitriles is 1. The van der Waals surface area contributed by atoms with Crippen molar-refractivity contribution in [3.63, 3.8) is 0 Å². The van der Waals surface area contributed by atoms with Crippen LogP contribution in [-0.2, 0) is 6.54 Å². The Balaban J connectivity index is 2.01. The first kappa shape index (κ1) is 22.3. The highest BCUT2D eigenvalue weighted by molar-refractivity contribution is 7.09. The lowest BCUT2D eigenvalue weighted by atomic mass is 9.83. The molecule has 3 heterocycles. The zero-order valence-corrected chi connectivity index (χ0v) is 19.5. The molecule has 0 bridgehead atoms. The van der Waals surface area contributed by atoms with Gasteiger partial charge in [-0.15, -0.1) is 11.3 Å². The number of methoxy groups -OCH3 is 3. The number of thiophene rings is 1. The number of aromatic nitrogens is 1. The topological polar surface area (TPSA) is 109 Å². The van der Waals surface area contributed by atoms with Gasteiger partial charge in [0.15, 0.2) is 11.5 Å². The highest BCUT2D eigenvalue weighted by atomic mass is 32.1.